The average molecular weight is 481 g/mol. The zero-order chi connectivity index (χ0) is 24.0. The Morgan fingerprint density at radius 1 is 0.743 bits per heavy atom. The van der Waals surface area contributed by atoms with Crippen LogP contribution in [0.25, 0.3) is 12.2 Å². The number of fused-ring (bicyclic) bond motifs is 4. The molecule has 4 nitrogen and oxygen atoms in total. The summed E-state index contributed by atoms with van der Waals surface area (Å²) in [6, 6.07) is 26.7. The minimum atomic E-state index is -0.526. The maximum atomic E-state index is 6.47. The fourth-order valence-corrected chi connectivity index (χ4v) is 6.32. The van der Waals surface area contributed by atoms with Gasteiger partial charge >= 0.3 is 0 Å². The van der Waals surface area contributed by atoms with Crippen molar-refractivity contribution in [1.29, 1.82) is 0 Å². The van der Waals surface area contributed by atoms with Gasteiger partial charge in [-0.2, -0.15) is 0 Å². The van der Waals surface area contributed by atoms with Crippen LogP contribution in [0.5, 0.6) is 28.7 Å². The number of thioether (sulfide) groups is 1. The largest absolute Gasteiger partial charge is 0.497 e. The van der Waals surface area contributed by atoms with Crippen LogP contribution in [0.1, 0.15) is 16.7 Å². The van der Waals surface area contributed by atoms with Crippen LogP contribution in [0.2, 0.25) is 0 Å². The van der Waals surface area contributed by atoms with Crippen LogP contribution in [-0.4, -0.2) is 21.3 Å². The van der Waals surface area contributed by atoms with Crippen molar-refractivity contribution in [2.45, 2.75) is 9.64 Å². The summed E-state index contributed by atoms with van der Waals surface area (Å²) in [5.74, 6) is 4.10. The highest BCUT2D eigenvalue weighted by Gasteiger charge is 2.41. The Labute approximate surface area is 208 Å². The molecule has 0 saturated heterocycles. The molecule has 2 aliphatic heterocycles. The number of hydrogen-bond acceptors (Lipinski definition) is 5. The number of rotatable bonds is 5. The molecule has 2 aliphatic rings. The lowest BCUT2D eigenvalue weighted by Crippen LogP contribution is -2.20. The number of benzene rings is 4. The maximum absolute atomic E-state index is 6.47. The number of para-hydroxylation sites is 1. The van der Waals surface area contributed by atoms with Gasteiger partial charge in [0.1, 0.15) is 28.7 Å². The maximum Gasteiger partial charge on any atom is 0.148 e. The van der Waals surface area contributed by atoms with Crippen LogP contribution in [0.4, 0.5) is 0 Å². The summed E-state index contributed by atoms with van der Waals surface area (Å²) in [6.45, 7) is 0. The van der Waals surface area contributed by atoms with Crippen LogP contribution in [-0.2, 0) is 4.75 Å². The predicted octanol–water partition coefficient (Wildman–Crippen LogP) is 5.48. The Kier molecular flexibility index (Phi) is 5.23. The van der Waals surface area contributed by atoms with Crippen LogP contribution < -0.4 is 29.4 Å². The molecule has 0 N–H and O–H groups in total. The van der Waals surface area contributed by atoms with Gasteiger partial charge in [-0.05, 0) is 47.2 Å². The van der Waals surface area contributed by atoms with Crippen molar-refractivity contribution in [3.63, 3.8) is 0 Å². The Bertz CT molecular complexity index is 1560. The van der Waals surface area contributed by atoms with Crippen molar-refractivity contribution in [2.24, 2.45) is 0 Å². The third-order valence-electron chi connectivity index (χ3n) is 6.56. The molecule has 4 aromatic carbocycles. The molecular formula is C30H24O4S. The third kappa shape index (κ3) is 3.46. The van der Waals surface area contributed by atoms with Gasteiger partial charge < -0.3 is 18.9 Å². The summed E-state index contributed by atoms with van der Waals surface area (Å²) in [7, 11) is 5.04. The highest BCUT2D eigenvalue weighted by molar-refractivity contribution is 8.01. The minimum absolute atomic E-state index is 0.526. The number of methoxy groups -OCH3 is 3. The molecule has 2 heterocycles. The molecule has 1 atom stereocenters. The average Bonchev–Trinajstić information content (AvgIpc) is 3.33. The summed E-state index contributed by atoms with van der Waals surface area (Å²) in [6.07, 6.45) is 4.50. The molecule has 5 heteroatoms. The van der Waals surface area contributed by atoms with Gasteiger partial charge in [0.05, 0.1) is 31.0 Å². The lowest BCUT2D eigenvalue weighted by atomic mass is 9.88. The van der Waals surface area contributed by atoms with Crippen molar-refractivity contribution in [3.8, 4) is 28.7 Å². The fourth-order valence-electron chi connectivity index (χ4n) is 4.79. The molecule has 0 bridgehead atoms. The molecule has 6 rings (SSSR count). The zero-order valence-electron chi connectivity index (χ0n) is 19.7. The topological polar surface area (TPSA) is 36.9 Å². The summed E-state index contributed by atoms with van der Waals surface area (Å²) in [4.78, 5) is 1.11. The molecule has 0 aliphatic carbocycles. The van der Waals surface area contributed by atoms with Gasteiger partial charge in [-0.3, -0.25) is 0 Å². The molecule has 0 fully saturated rings. The molecule has 1 unspecified atom stereocenters. The zero-order valence-corrected chi connectivity index (χ0v) is 20.5. The van der Waals surface area contributed by atoms with E-state index < -0.39 is 4.75 Å². The standard InChI is InChI=1S/C30H24O4S/c1-31-23-12-10-22(11-13-23)30(25-15-14-24(32-2)17-27(25)33-3)18-21-9-8-20-16-19-6-4-5-7-26(19)34-28(20)29(21)35-30/h4-18H,1-3H3. The van der Waals surface area contributed by atoms with E-state index in [-0.39, 0.29) is 0 Å². The van der Waals surface area contributed by atoms with Gasteiger partial charge in [0.25, 0.3) is 0 Å². The van der Waals surface area contributed by atoms with Gasteiger partial charge in [-0.25, -0.2) is 0 Å². The van der Waals surface area contributed by atoms with E-state index in [0.717, 1.165) is 60.8 Å². The summed E-state index contributed by atoms with van der Waals surface area (Å²) in [5.41, 5.74) is 3.25. The van der Waals surface area contributed by atoms with E-state index in [1.165, 1.54) is 0 Å². The monoisotopic (exact) mass is 480 g/mol. The van der Waals surface area contributed by atoms with Gasteiger partial charge in [-0.1, -0.05) is 48.5 Å². The minimum Gasteiger partial charge on any atom is -0.497 e. The summed E-state index contributed by atoms with van der Waals surface area (Å²) < 4.78 is 22.7. The molecule has 0 radical (unpaired) electrons. The van der Waals surface area contributed by atoms with Crippen LogP contribution in [0, 0.1) is 0 Å². The van der Waals surface area contributed by atoms with Crippen molar-refractivity contribution in [3.05, 3.63) is 106 Å². The van der Waals surface area contributed by atoms with E-state index in [2.05, 4.69) is 48.6 Å². The highest BCUT2D eigenvalue weighted by atomic mass is 32.2. The Hall–Kier alpha value is -3.83. The Balaban J connectivity index is 1.57. The molecule has 0 spiro atoms. The first-order chi connectivity index (χ1) is 17.1. The fraction of sp³-hybridized carbons (Fsp3) is 0.133. The van der Waals surface area contributed by atoms with Crippen molar-refractivity contribution >= 4 is 23.9 Å². The van der Waals surface area contributed by atoms with Crippen LogP contribution in [0.15, 0.2) is 83.8 Å². The predicted molar refractivity (Wildman–Crippen MR) is 139 cm³/mol. The van der Waals surface area contributed by atoms with Gasteiger partial charge in [-0.15, -0.1) is 11.8 Å². The normalized spacial score (nSPS) is 17.1. The first-order valence-corrected chi connectivity index (χ1v) is 12.2. The van der Waals surface area contributed by atoms with E-state index in [1.54, 1.807) is 33.1 Å². The van der Waals surface area contributed by atoms with E-state index in [1.807, 2.05) is 42.5 Å². The summed E-state index contributed by atoms with van der Waals surface area (Å²) >= 11 is 1.77. The van der Waals surface area contributed by atoms with Crippen LogP contribution in [0.3, 0.4) is 0 Å². The van der Waals surface area contributed by atoms with Gasteiger partial charge in [0, 0.05) is 22.4 Å². The SMILES string of the molecule is COc1ccc(C2(c3ccc(OC)cc3OC)C=c3ccc4c(c3S2)Oc2ccccc2C=4)cc1. The van der Waals surface area contributed by atoms with E-state index in [9.17, 15) is 0 Å². The lowest BCUT2D eigenvalue weighted by molar-refractivity contribution is 0.390. The van der Waals surface area contributed by atoms with Gasteiger partial charge in [0.2, 0.25) is 0 Å². The Morgan fingerprint density at radius 2 is 1.49 bits per heavy atom. The molecule has 174 valence electrons. The Morgan fingerprint density at radius 3 is 2.26 bits per heavy atom. The molecule has 0 saturated carbocycles. The second-order valence-corrected chi connectivity index (χ2v) is 9.72. The van der Waals surface area contributed by atoms with Crippen molar-refractivity contribution < 1.29 is 18.9 Å². The van der Waals surface area contributed by atoms with E-state index >= 15 is 0 Å². The second kappa shape index (κ2) is 8.43. The molecule has 35 heavy (non-hydrogen) atoms. The van der Waals surface area contributed by atoms with Gasteiger partial charge in [0.15, 0.2) is 0 Å². The quantitative estimate of drug-likeness (QED) is 0.333. The third-order valence-corrected chi connectivity index (χ3v) is 8.09. The molecule has 0 aromatic heterocycles. The molecular weight excluding hydrogens is 456 g/mol. The van der Waals surface area contributed by atoms with E-state index in [4.69, 9.17) is 18.9 Å². The number of hydrogen-bond donors (Lipinski definition) is 0. The molecule has 0 amide bonds. The summed E-state index contributed by atoms with van der Waals surface area (Å²) in [5, 5.41) is 2.21. The second-order valence-electron chi connectivity index (χ2n) is 8.46. The molecule has 4 aromatic rings. The first kappa shape index (κ1) is 21.7. The van der Waals surface area contributed by atoms with Crippen LogP contribution >= 0.6 is 11.8 Å². The van der Waals surface area contributed by atoms with Crippen molar-refractivity contribution in [2.75, 3.05) is 21.3 Å². The smallest absolute Gasteiger partial charge is 0.148 e. The first-order valence-electron chi connectivity index (χ1n) is 11.4. The van der Waals surface area contributed by atoms with E-state index in [0.29, 0.717) is 0 Å². The highest BCUT2D eigenvalue weighted by Crippen LogP contribution is 2.55. The number of ether oxygens (including phenoxy) is 4. The lowest BCUT2D eigenvalue weighted by Gasteiger charge is -2.30. The van der Waals surface area contributed by atoms with Crippen molar-refractivity contribution in [1.82, 2.24) is 0 Å².